The molecule has 0 N–H and O–H groups in total. The summed E-state index contributed by atoms with van der Waals surface area (Å²) in [5, 5.41) is 2.65. The lowest BCUT2D eigenvalue weighted by Gasteiger charge is -2.11. The van der Waals surface area contributed by atoms with E-state index >= 15 is 0 Å². The molecule has 0 spiro atoms. The number of rotatable bonds is 3. The van der Waals surface area contributed by atoms with Crippen molar-refractivity contribution in [2.45, 2.75) is 0 Å². The third kappa shape index (κ3) is 2.64. The summed E-state index contributed by atoms with van der Waals surface area (Å²) in [6.45, 7) is 0. The summed E-state index contributed by atoms with van der Waals surface area (Å²) in [6.07, 6.45) is 10.7. The first-order valence-electron chi connectivity index (χ1n) is 7.72. The Balaban J connectivity index is 1.59. The first kappa shape index (κ1) is 13.8. The van der Waals surface area contributed by atoms with E-state index in [4.69, 9.17) is 4.74 Å². The van der Waals surface area contributed by atoms with Crippen molar-refractivity contribution < 1.29 is 4.74 Å². The van der Waals surface area contributed by atoms with Gasteiger partial charge in [0.05, 0.1) is 12.8 Å². The largest absolute Gasteiger partial charge is 0.497 e. The normalized spacial score (nSPS) is 18.4. The van der Waals surface area contributed by atoms with Gasteiger partial charge in [0.1, 0.15) is 5.75 Å². The van der Waals surface area contributed by atoms with Gasteiger partial charge in [-0.15, -0.1) is 0 Å². The Morgan fingerprint density at radius 2 is 1.78 bits per heavy atom. The van der Waals surface area contributed by atoms with Crippen LogP contribution in [0.3, 0.4) is 0 Å². The van der Waals surface area contributed by atoms with Gasteiger partial charge in [0, 0.05) is 12.1 Å². The topological polar surface area (TPSA) is 21.6 Å². The summed E-state index contributed by atoms with van der Waals surface area (Å²) < 4.78 is 5.17. The quantitative estimate of drug-likeness (QED) is 0.799. The Morgan fingerprint density at radius 1 is 0.957 bits per heavy atom. The fourth-order valence-corrected chi connectivity index (χ4v) is 3.05. The van der Waals surface area contributed by atoms with Crippen LogP contribution in [0, 0.1) is 5.92 Å². The van der Waals surface area contributed by atoms with E-state index in [-0.39, 0.29) is 0 Å². The second-order valence-corrected chi connectivity index (χ2v) is 5.69. The molecule has 2 aromatic rings. The van der Waals surface area contributed by atoms with Gasteiger partial charge in [0.25, 0.3) is 0 Å². The summed E-state index contributed by atoms with van der Waals surface area (Å²) in [5.41, 5.74) is 3.43. The van der Waals surface area contributed by atoms with Gasteiger partial charge in [0.15, 0.2) is 0 Å². The standard InChI is InChI=1S/C21H17NO/c1-23-19-9-6-15(7-10-19)14-22-18-8-11-21-17(13-18)12-16-4-2-3-5-20(16)21/h2-14,17H,1H3/t17-/m0/s1. The molecule has 0 fully saturated rings. The van der Waals surface area contributed by atoms with E-state index in [1.165, 1.54) is 16.0 Å². The number of benzene rings is 2. The molecule has 0 saturated heterocycles. The Kier molecular flexibility index (Phi) is 3.43. The molecule has 1 atom stereocenters. The fourth-order valence-electron chi connectivity index (χ4n) is 3.05. The average molecular weight is 299 g/mol. The molecular formula is C21H17NO. The second-order valence-electron chi connectivity index (χ2n) is 5.69. The van der Waals surface area contributed by atoms with Gasteiger partial charge in [-0.25, -0.2) is 0 Å². The van der Waals surface area contributed by atoms with E-state index in [1.807, 2.05) is 30.5 Å². The highest BCUT2D eigenvalue weighted by Crippen LogP contribution is 2.26. The molecule has 2 aliphatic rings. The first-order chi connectivity index (χ1) is 11.3. The second kappa shape index (κ2) is 5.73. The number of methoxy groups -OCH3 is 1. The van der Waals surface area contributed by atoms with Crippen LogP contribution >= 0.6 is 0 Å². The minimum atomic E-state index is 0.334. The summed E-state index contributed by atoms with van der Waals surface area (Å²) >= 11 is 0. The van der Waals surface area contributed by atoms with Crippen LogP contribution in [0.4, 0.5) is 0 Å². The monoisotopic (exact) mass is 299 g/mol. The van der Waals surface area contributed by atoms with E-state index < -0.39 is 0 Å². The van der Waals surface area contributed by atoms with E-state index in [0.717, 1.165) is 17.0 Å². The molecule has 112 valence electrons. The Morgan fingerprint density at radius 3 is 2.61 bits per heavy atom. The number of ether oxygens (including phenoxy) is 1. The van der Waals surface area contributed by atoms with Gasteiger partial charge in [-0.1, -0.05) is 36.4 Å². The maximum Gasteiger partial charge on any atom is 0.118 e. The maximum absolute atomic E-state index is 5.17. The van der Waals surface area contributed by atoms with Gasteiger partial charge in [-0.05, 0) is 58.0 Å². The molecular weight excluding hydrogens is 282 g/mol. The predicted octanol–water partition coefficient (Wildman–Crippen LogP) is 2.83. The third-order valence-corrected chi connectivity index (χ3v) is 4.25. The predicted molar refractivity (Wildman–Crippen MR) is 94.9 cm³/mol. The summed E-state index contributed by atoms with van der Waals surface area (Å²) in [6, 6.07) is 16.4. The molecule has 2 nitrogen and oxygen atoms in total. The summed E-state index contributed by atoms with van der Waals surface area (Å²) in [5.74, 6) is 1.19. The number of nitrogens with zero attached hydrogens (tertiary/aromatic N) is 1. The van der Waals surface area contributed by atoms with Crippen molar-refractivity contribution in [1.29, 1.82) is 0 Å². The zero-order chi connectivity index (χ0) is 15.6. The van der Waals surface area contributed by atoms with Crippen LogP contribution in [0.2, 0.25) is 0 Å². The summed E-state index contributed by atoms with van der Waals surface area (Å²) in [4.78, 5) is 4.61. The van der Waals surface area contributed by atoms with Crippen LogP contribution in [0.1, 0.15) is 5.56 Å². The van der Waals surface area contributed by atoms with Crippen LogP contribution in [-0.2, 0) is 0 Å². The van der Waals surface area contributed by atoms with Crippen LogP contribution in [0.25, 0.3) is 11.6 Å². The number of aliphatic imine (C=N–C) groups is 1. The van der Waals surface area contributed by atoms with Crippen molar-refractivity contribution in [1.82, 2.24) is 0 Å². The zero-order valence-corrected chi connectivity index (χ0v) is 12.9. The highest BCUT2D eigenvalue weighted by Gasteiger charge is 2.16. The van der Waals surface area contributed by atoms with Crippen LogP contribution < -0.4 is 15.2 Å². The van der Waals surface area contributed by atoms with Gasteiger partial charge < -0.3 is 4.74 Å². The van der Waals surface area contributed by atoms with Crippen molar-refractivity contribution in [2.75, 3.05) is 7.11 Å². The molecule has 0 aromatic heterocycles. The SMILES string of the molecule is COc1ccc(C=NC2=C[C@@H]3C=c4ccccc4=C3C=C2)cc1. The Bertz CT molecular complexity index is 946. The molecule has 0 bridgehead atoms. The van der Waals surface area contributed by atoms with Crippen molar-refractivity contribution in [3.05, 3.63) is 88.5 Å². The summed E-state index contributed by atoms with van der Waals surface area (Å²) in [7, 11) is 1.67. The molecule has 0 saturated carbocycles. The zero-order valence-electron chi connectivity index (χ0n) is 12.9. The van der Waals surface area contributed by atoms with E-state index in [1.54, 1.807) is 7.11 Å². The highest BCUT2D eigenvalue weighted by molar-refractivity contribution is 5.82. The van der Waals surface area contributed by atoms with Crippen molar-refractivity contribution >= 4 is 17.9 Å². The van der Waals surface area contributed by atoms with E-state index in [0.29, 0.717) is 5.92 Å². The molecule has 0 unspecified atom stereocenters. The van der Waals surface area contributed by atoms with Gasteiger partial charge in [-0.3, -0.25) is 4.99 Å². The third-order valence-electron chi connectivity index (χ3n) is 4.25. The smallest absolute Gasteiger partial charge is 0.118 e. The lowest BCUT2D eigenvalue weighted by molar-refractivity contribution is 0.415. The highest BCUT2D eigenvalue weighted by atomic mass is 16.5. The number of fused-ring (bicyclic) bond motifs is 2. The van der Waals surface area contributed by atoms with Gasteiger partial charge >= 0.3 is 0 Å². The molecule has 0 aliphatic heterocycles. The molecule has 0 heterocycles. The number of hydrogen-bond acceptors (Lipinski definition) is 2. The molecule has 2 aromatic carbocycles. The maximum atomic E-state index is 5.17. The first-order valence-corrected chi connectivity index (χ1v) is 7.72. The lowest BCUT2D eigenvalue weighted by atomic mass is 9.95. The lowest BCUT2D eigenvalue weighted by Crippen LogP contribution is -2.21. The minimum absolute atomic E-state index is 0.334. The number of allylic oxidation sites excluding steroid dienone is 3. The van der Waals surface area contributed by atoms with Gasteiger partial charge in [-0.2, -0.15) is 0 Å². The van der Waals surface area contributed by atoms with Crippen molar-refractivity contribution in [3.8, 4) is 5.75 Å². The molecule has 4 rings (SSSR count). The van der Waals surface area contributed by atoms with Crippen molar-refractivity contribution in [2.24, 2.45) is 10.9 Å². The average Bonchev–Trinajstić information content (AvgIpc) is 2.98. The Labute approximate surface area is 135 Å². The van der Waals surface area contributed by atoms with Crippen LogP contribution in [0.15, 0.2) is 77.4 Å². The van der Waals surface area contributed by atoms with Crippen LogP contribution in [0.5, 0.6) is 5.75 Å². The fraction of sp³-hybridized carbons (Fsp3) is 0.0952. The molecule has 2 heteroatoms. The number of hydrogen-bond donors (Lipinski definition) is 0. The van der Waals surface area contributed by atoms with Gasteiger partial charge in [0.2, 0.25) is 0 Å². The van der Waals surface area contributed by atoms with E-state index in [9.17, 15) is 0 Å². The molecule has 2 aliphatic carbocycles. The van der Waals surface area contributed by atoms with E-state index in [2.05, 4.69) is 53.6 Å². The van der Waals surface area contributed by atoms with Crippen molar-refractivity contribution in [3.63, 3.8) is 0 Å². The molecule has 0 amide bonds. The minimum Gasteiger partial charge on any atom is -0.497 e. The Hall–Kier alpha value is -2.87. The molecule has 0 radical (unpaired) electrons. The van der Waals surface area contributed by atoms with Crippen LogP contribution in [-0.4, -0.2) is 13.3 Å². The molecule has 23 heavy (non-hydrogen) atoms.